The predicted octanol–water partition coefficient (Wildman–Crippen LogP) is 9.80. The van der Waals surface area contributed by atoms with Crippen LogP contribution in [0.3, 0.4) is 0 Å². The molecule has 0 unspecified atom stereocenters. The van der Waals surface area contributed by atoms with Crippen molar-refractivity contribution in [2.24, 2.45) is 0 Å². The third-order valence-corrected chi connectivity index (χ3v) is 12.5. The molecule has 52 heavy (non-hydrogen) atoms. The summed E-state index contributed by atoms with van der Waals surface area (Å²) in [5.41, 5.74) is 10.2. The summed E-state index contributed by atoms with van der Waals surface area (Å²) in [6.45, 7) is 0. The Morgan fingerprint density at radius 1 is 0.288 bits per heavy atom. The van der Waals surface area contributed by atoms with Gasteiger partial charge in [-0.25, -0.2) is 0 Å². The van der Waals surface area contributed by atoms with Crippen LogP contribution < -0.4 is 26.4 Å². The average Bonchev–Trinajstić information content (AvgIpc) is 3.22. The van der Waals surface area contributed by atoms with Gasteiger partial charge in [-0.15, -0.1) is 0 Å². The summed E-state index contributed by atoms with van der Waals surface area (Å²) in [7, 11) is -0.624. The molecule has 1 aliphatic carbocycles. The molecule has 9 rings (SSSR count). The third-order valence-electron chi connectivity index (χ3n) is 10.1. The highest BCUT2D eigenvalue weighted by Gasteiger charge is 2.18. The highest BCUT2D eigenvalue weighted by Crippen LogP contribution is 2.36. The molecule has 1 nitrogen and oxygen atoms in total. The minimum absolute atomic E-state index is 0. The molecule has 0 aromatic heterocycles. The van der Waals surface area contributed by atoms with Crippen molar-refractivity contribution in [3.63, 3.8) is 0 Å². The molecule has 1 aliphatic rings. The van der Waals surface area contributed by atoms with Gasteiger partial charge in [-0.05, 0) is 102 Å². The largest absolute Gasteiger partial charge is 0.412 e. The van der Waals surface area contributed by atoms with Gasteiger partial charge in [-0.3, -0.25) is 0 Å². The lowest BCUT2D eigenvalue weighted by molar-refractivity contribution is 0.824. The first kappa shape index (κ1) is 33.3. The normalized spacial score (nSPS) is 12.0. The average molecular weight is 687 g/mol. The van der Waals surface area contributed by atoms with E-state index in [1.807, 2.05) is 0 Å². The quantitative estimate of drug-likeness (QED) is 0.150. The smallest absolute Gasteiger partial charge is 0.00297 e. The highest BCUT2D eigenvalue weighted by molar-refractivity contribution is 7.79. The molecule has 0 saturated heterocycles. The zero-order valence-corrected chi connectivity index (χ0v) is 29.8. The van der Waals surface area contributed by atoms with Crippen molar-refractivity contribution in [1.29, 1.82) is 0 Å². The summed E-state index contributed by atoms with van der Waals surface area (Å²) in [6, 6.07) is 69.1. The second kappa shape index (κ2) is 14.8. The van der Waals surface area contributed by atoms with Crippen LogP contribution in [0, 0.1) is 0 Å². The predicted molar refractivity (Wildman–Crippen MR) is 225 cm³/mol. The molecule has 0 aliphatic heterocycles. The van der Waals surface area contributed by atoms with Crippen LogP contribution in [0.2, 0.25) is 0 Å². The van der Waals surface area contributed by atoms with E-state index in [4.69, 9.17) is 0 Å². The van der Waals surface area contributed by atoms with Crippen molar-refractivity contribution in [2.75, 3.05) is 0 Å². The minimum atomic E-state index is -0.624. The first-order chi connectivity index (χ1) is 25.3. The fourth-order valence-electron chi connectivity index (χ4n) is 7.67. The van der Waals surface area contributed by atoms with Gasteiger partial charge in [-0.1, -0.05) is 200 Å². The minimum Gasteiger partial charge on any atom is -0.412 e. The summed E-state index contributed by atoms with van der Waals surface area (Å²) < 4.78 is 0. The van der Waals surface area contributed by atoms with Crippen molar-refractivity contribution < 1.29 is 5.48 Å². The van der Waals surface area contributed by atoms with Crippen LogP contribution in [-0.4, -0.2) is 5.48 Å². The molecule has 0 saturated carbocycles. The molecular formula is C50H39OP. The standard InChI is InChI=1S/C50H37P.H2O/c1-4-14-36(15-5-1)37-24-28-40(29-25-37)49-45-20-10-12-22-47(45)50(48-23-13-11-21-46(48)49)41-30-26-38(27-31-41)39-32-34-44(35-33-39)51(42-16-6-2-7-17-42)43-18-8-3-9-19-43;/h1-10,12,14-35H,11,13H2;1H2. The third kappa shape index (κ3) is 6.31. The molecule has 0 radical (unpaired) electrons. The van der Waals surface area contributed by atoms with Crippen LogP contribution in [0.15, 0.2) is 188 Å². The maximum Gasteiger partial charge on any atom is -0.00297 e. The molecule has 2 N–H and O–H groups in total. The zero-order valence-electron chi connectivity index (χ0n) is 28.9. The molecule has 2 heteroatoms. The Morgan fingerprint density at radius 2 is 0.596 bits per heavy atom. The van der Waals surface area contributed by atoms with Crippen LogP contribution in [-0.2, 0) is 0 Å². The Bertz CT molecular complexity index is 2540. The number of rotatable bonds is 7. The second-order valence-electron chi connectivity index (χ2n) is 13.2. The van der Waals surface area contributed by atoms with Gasteiger partial charge < -0.3 is 5.48 Å². The van der Waals surface area contributed by atoms with E-state index in [0.717, 1.165) is 12.8 Å². The SMILES string of the molecule is C1=c2c(-c3ccc(-c4ccccc4)cc3)c3ccccc3c(-c3ccc(-c4ccc(P(c5ccccc5)c5ccccc5)cc4)cc3)c2=CCC1.O. The monoisotopic (exact) mass is 686 g/mol. The molecule has 8 aromatic rings. The molecule has 0 heterocycles. The van der Waals surface area contributed by atoms with Crippen LogP contribution >= 0.6 is 7.92 Å². The second-order valence-corrected chi connectivity index (χ2v) is 15.4. The van der Waals surface area contributed by atoms with Gasteiger partial charge in [0.1, 0.15) is 0 Å². The van der Waals surface area contributed by atoms with E-state index in [1.54, 1.807) is 0 Å². The van der Waals surface area contributed by atoms with E-state index in [0.29, 0.717) is 0 Å². The van der Waals surface area contributed by atoms with Gasteiger partial charge in [0.2, 0.25) is 0 Å². The van der Waals surface area contributed by atoms with E-state index >= 15 is 0 Å². The van der Waals surface area contributed by atoms with Crippen LogP contribution in [0.1, 0.15) is 12.8 Å². The lowest BCUT2D eigenvalue weighted by Crippen LogP contribution is -2.31. The molecule has 0 spiro atoms. The van der Waals surface area contributed by atoms with Crippen molar-refractivity contribution in [2.45, 2.75) is 12.8 Å². The van der Waals surface area contributed by atoms with Crippen molar-refractivity contribution in [1.82, 2.24) is 0 Å². The Morgan fingerprint density at radius 3 is 1.02 bits per heavy atom. The number of hydrogen-bond donors (Lipinski definition) is 0. The first-order valence-electron chi connectivity index (χ1n) is 17.8. The Labute approximate surface area is 307 Å². The molecular weight excluding hydrogens is 648 g/mol. The Balaban J connectivity index is 0.00000387. The maximum absolute atomic E-state index is 2.46. The first-order valence-corrected chi connectivity index (χ1v) is 19.2. The lowest BCUT2D eigenvalue weighted by Gasteiger charge is -2.20. The van der Waals surface area contributed by atoms with Gasteiger partial charge in [0.05, 0.1) is 0 Å². The van der Waals surface area contributed by atoms with Gasteiger partial charge in [0, 0.05) is 0 Å². The van der Waals surface area contributed by atoms with Gasteiger partial charge in [-0.2, -0.15) is 0 Å². The van der Waals surface area contributed by atoms with Gasteiger partial charge in [0.25, 0.3) is 0 Å². The Kier molecular flexibility index (Phi) is 9.47. The van der Waals surface area contributed by atoms with Crippen LogP contribution in [0.4, 0.5) is 0 Å². The van der Waals surface area contributed by atoms with Gasteiger partial charge in [0.15, 0.2) is 0 Å². The van der Waals surface area contributed by atoms with Crippen LogP contribution in [0.5, 0.6) is 0 Å². The number of benzene rings is 8. The summed E-state index contributed by atoms with van der Waals surface area (Å²) >= 11 is 0. The van der Waals surface area contributed by atoms with E-state index in [-0.39, 0.29) is 5.48 Å². The molecule has 250 valence electrons. The van der Waals surface area contributed by atoms with E-state index < -0.39 is 7.92 Å². The number of hydrogen-bond acceptors (Lipinski definition) is 0. The van der Waals surface area contributed by atoms with Crippen LogP contribution in [0.25, 0.3) is 67.4 Å². The summed E-state index contributed by atoms with van der Waals surface area (Å²) in [5.74, 6) is 0. The fourth-order valence-corrected chi connectivity index (χ4v) is 9.96. The van der Waals surface area contributed by atoms with E-state index in [1.165, 1.54) is 81.6 Å². The topological polar surface area (TPSA) is 31.5 Å². The highest BCUT2D eigenvalue weighted by atomic mass is 31.1. The summed E-state index contributed by atoms with van der Waals surface area (Å²) in [4.78, 5) is 0. The molecule has 0 bridgehead atoms. The molecule has 0 amide bonds. The Hall–Kier alpha value is -5.85. The van der Waals surface area contributed by atoms with Crippen molar-refractivity contribution >= 4 is 46.8 Å². The zero-order chi connectivity index (χ0) is 34.0. The lowest BCUT2D eigenvalue weighted by atomic mass is 9.85. The van der Waals surface area contributed by atoms with Crippen molar-refractivity contribution in [3.05, 3.63) is 198 Å². The fraction of sp³-hybridized carbons (Fsp3) is 0.0400. The molecule has 0 atom stereocenters. The van der Waals surface area contributed by atoms with Crippen molar-refractivity contribution in [3.8, 4) is 44.5 Å². The summed E-state index contributed by atoms with van der Waals surface area (Å²) in [5, 5.41) is 9.42. The molecule has 8 aromatic carbocycles. The van der Waals surface area contributed by atoms with Gasteiger partial charge >= 0.3 is 0 Å². The number of fused-ring (bicyclic) bond motifs is 2. The van der Waals surface area contributed by atoms with E-state index in [9.17, 15) is 0 Å². The maximum atomic E-state index is 2.46. The van der Waals surface area contributed by atoms with E-state index in [2.05, 4.69) is 200 Å². The molecule has 0 fully saturated rings. The summed E-state index contributed by atoms with van der Waals surface area (Å²) in [6.07, 6.45) is 7.04.